The van der Waals surface area contributed by atoms with Crippen molar-refractivity contribution in [2.45, 2.75) is 19.6 Å². The number of pyridine rings is 1. The third-order valence-corrected chi connectivity index (χ3v) is 4.59. The van der Waals surface area contributed by atoms with E-state index < -0.39 is 11.7 Å². The molecule has 0 spiro atoms. The van der Waals surface area contributed by atoms with Gasteiger partial charge in [-0.3, -0.25) is 0 Å². The number of aromatic nitrogens is 4. The van der Waals surface area contributed by atoms with Crippen molar-refractivity contribution in [2.24, 2.45) is 0 Å². The number of alkyl halides is 3. The lowest BCUT2D eigenvalue weighted by molar-refractivity contribution is -0.137. The summed E-state index contributed by atoms with van der Waals surface area (Å²) >= 11 is 0. The van der Waals surface area contributed by atoms with Gasteiger partial charge in [-0.05, 0) is 18.6 Å². The van der Waals surface area contributed by atoms with Crippen molar-refractivity contribution in [1.29, 1.82) is 5.26 Å². The molecule has 0 saturated heterocycles. The molecule has 0 unspecified atom stereocenters. The van der Waals surface area contributed by atoms with Crippen LogP contribution >= 0.6 is 0 Å². The maximum absolute atomic E-state index is 13.1. The molecule has 4 rings (SSSR count). The van der Waals surface area contributed by atoms with E-state index in [-0.39, 0.29) is 28.2 Å². The first-order valence-electron chi connectivity index (χ1n) is 8.96. The van der Waals surface area contributed by atoms with Crippen LogP contribution in [0.3, 0.4) is 0 Å². The Morgan fingerprint density at radius 2 is 1.90 bits per heavy atom. The van der Waals surface area contributed by atoms with E-state index in [4.69, 9.17) is 0 Å². The van der Waals surface area contributed by atoms with Crippen LogP contribution in [0, 0.1) is 18.3 Å². The van der Waals surface area contributed by atoms with Crippen LogP contribution in [0.15, 0.2) is 48.9 Å². The van der Waals surface area contributed by atoms with Crippen LogP contribution in [-0.2, 0) is 12.7 Å². The molecular weight excluding hydrogens is 393 g/mol. The third-order valence-electron chi connectivity index (χ3n) is 4.59. The summed E-state index contributed by atoms with van der Waals surface area (Å²) in [5, 5.41) is 12.7. The summed E-state index contributed by atoms with van der Waals surface area (Å²) in [6.07, 6.45) is -0.924. The molecule has 3 aromatic heterocycles. The standard InChI is InChI=1S/C21H15F3N6/c1-12-2-4-13(5-3-12)8-28-20-29-9-14(7-25)18(30-20)17-11-27-19-16(17)6-15(10-26-19)21(22,23)24/h2-6,9-11H,8H2,1H3,(H,26,27)(H,28,29,30). The van der Waals surface area contributed by atoms with Crippen molar-refractivity contribution in [3.05, 3.63) is 71.2 Å². The van der Waals surface area contributed by atoms with Gasteiger partial charge in [-0.15, -0.1) is 0 Å². The zero-order chi connectivity index (χ0) is 21.3. The van der Waals surface area contributed by atoms with Crippen molar-refractivity contribution in [3.63, 3.8) is 0 Å². The summed E-state index contributed by atoms with van der Waals surface area (Å²) in [6.45, 7) is 2.45. The van der Waals surface area contributed by atoms with Gasteiger partial charge in [0, 0.05) is 29.9 Å². The lowest BCUT2D eigenvalue weighted by Gasteiger charge is -2.09. The minimum absolute atomic E-state index is 0.147. The predicted octanol–water partition coefficient (Wildman–Crippen LogP) is 4.83. The van der Waals surface area contributed by atoms with Crippen LogP contribution in [0.2, 0.25) is 0 Å². The molecule has 0 aliphatic carbocycles. The van der Waals surface area contributed by atoms with E-state index in [0.29, 0.717) is 12.1 Å². The number of hydrogen-bond donors (Lipinski definition) is 2. The van der Waals surface area contributed by atoms with E-state index in [1.54, 1.807) is 0 Å². The highest BCUT2D eigenvalue weighted by molar-refractivity contribution is 5.94. The first-order valence-corrected chi connectivity index (χ1v) is 8.96. The lowest BCUT2D eigenvalue weighted by atomic mass is 10.1. The molecule has 4 aromatic rings. The molecule has 6 nitrogen and oxygen atoms in total. The SMILES string of the molecule is Cc1ccc(CNc2ncc(C#N)c(-c3c[nH]c4ncc(C(F)(F)F)cc34)n2)cc1. The number of aryl methyl sites for hydroxylation is 1. The second-order valence-electron chi connectivity index (χ2n) is 6.73. The fourth-order valence-electron chi connectivity index (χ4n) is 3.00. The average molecular weight is 408 g/mol. The molecule has 0 fully saturated rings. The second-order valence-corrected chi connectivity index (χ2v) is 6.73. The first kappa shape index (κ1) is 19.4. The van der Waals surface area contributed by atoms with Crippen molar-refractivity contribution in [1.82, 2.24) is 19.9 Å². The number of anilines is 1. The van der Waals surface area contributed by atoms with Gasteiger partial charge in [0.1, 0.15) is 11.7 Å². The monoisotopic (exact) mass is 408 g/mol. The Balaban J connectivity index is 1.72. The van der Waals surface area contributed by atoms with E-state index in [9.17, 15) is 18.4 Å². The summed E-state index contributed by atoms with van der Waals surface area (Å²) in [5.74, 6) is 0.263. The molecule has 0 saturated carbocycles. The fourth-order valence-corrected chi connectivity index (χ4v) is 3.00. The van der Waals surface area contributed by atoms with Crippen LogP contribution in [0.5, 0.6) is 0 Å². The van der Waals surface area contributed by atoms with Gasteiger partial charge in [-0.2, -0.15) is 18.4 Å². The van der Waals surface area contributed by atoms with Gasteiger partial charge in [0.2, 0.25) is 5.95 Å². The second kappa shape index (κ2) is 7.48. The van der Waals surface area contributed by atoms with E-state index >= 15 is 0 Å². The minimum Gasteiger partial charge on any atom is -0.350 e. The molecule has 1 aromatic carbocycles. The van der Waals surface area contributed by atoms with Gasteiger partial charge in [-0.1, -0.05) is 29.8 Å². The van der Waals surface area contributed by atoms with Crippen molar-refractivity contribution in [3.8, 4) is 17.3 Å². The molecule has 0 amide bonds. The summed E-state index contributed by atoms with van der Waals surface area (Å²) in [6, 6.07) is 10.9. The summed E-state index contributed by atoms with van der Waals surface area (Å²) in [7, 11) is 0. The highest BCUT2D eigenvalue weighted by atomic mass is 19.4. The van der Waals surface area contributed by atoms with Crippen LogP contribution in [0.25, 0.3) is 22.3 Å². The summed E-state index contributed by atoms with van der Waals surface area (Å²) in [5.41, 5.74) is 2.28. The first-order chi connectivity index (χ1) is 14.3. The number of nitrogens with zero attached hydrogens (tertiary/aromatic N) is 4. The molecule has 2 N–H and O–H groups in total. The Labute approximate surface area is 169 Å². The van der Waals surface area contributed by atoms with Gasteiger partial charge in [0.25, 0.3) is 0 Å². The minimum atomic E-state index is -4.53. The Kier molecular flexibility index (Phi) is 4.83. The molecule has 0 aliphatic heterocycles. The van der Waals surface area contributed by atoms with E-state index in [1.807, 2.05) is 37.3 Å². The number of benzene rings is 1. The summed E-state index contributed by atoms with van der Waals surface area (Å²) < 4.78 is 39.3. The highest BCUT2D eigenvalue weighted by Gasteiger charge is 2.31. The number of aromatic amines is 1. The van der Waals surface area contributed by atoms with Gasteiger partial charge < -0.3 is 10.3 Å². The predicted molar refractivity (Wildman–Crippen MR) is 105 cm³/mol. The van der Waals surface area contributed by atoms with Crippen LogP contribution in [0.1, 0.15) is 22.3 Å². The number of hydrogen-bond acceptors (Lipinski definition) is 5. The zero-order valence-corrected chi connectivity index (χ0v) is 15.7. The average Bonchev–Trinajstić information content (AvgIpc) is 3.15. The maximum Gasteiger partial charge on any atom is 0.417 e. The van der Waals surface area contributed by atoms with Crippen LogP contribution in [-0.4, -0.2) is 19.9 Å². The van der Waals surface area contributed by atoms with Crippen molar-refractivity contribution < 1.29 is 13.2 Å². The molecule has 0 atom stereocenters. The van der Waals surface area contributed by atoms with Gasteiger partial charge in [0.05, 0.1) is 23.0 Å². The highest BCUT2D eigenvalue weighted by Crippen LogP contribution is 2.34. The fraction of sp³-hybridized carbons (Fsp3) is 0.143. The number of fused-ring (bicyclic) bond motifs is 1. The Hall–Kier alpha value is -3.93. The van der Waals surface area contributed by atoms with E-state index in [0.717, 1.165) is 23.4 Å². The lowest BCUT2D eigenvalue weighted by Crippen LogP contribution is -2.06. The molecular formula is C21H15F3N6. The smallest absolute Gasteiger partial charge is 0.350 e. The number of rotatable bonds is 4. The number of H-pyrrole nitrogens is 1. The number of halogens is 3. The number of nitrogens with one attached hydrogen (secondary N) is 2. The molecule has 3 heterocycles. The molecule has 150 valence electrons. The largest absolute Gasteiger partial charge is 0.417 e. The molecule has 9 heteroatoms. The van der Waals surface area contributed by atoms with Crippen LogP contribution in [0.4, 0.5) is 19.1 Å². The number of nitriles is 1. The van der Waals surface area contributed by atoms with Gasteiger partial charge in [0.15, 0.2) is 0 Å². The Bertz CT molecular complexity index is 1250. The van der Waals surface area contributed by atoms with Gasteiger partial charge >= 0.3 is 6.18 Å². The van der Waals surface area contributed by atoms with E-state index in [1.165, 1.54) is 12.4 Å². The zero-order valence-electron chi connectivity index (χ0n) is 15.7. The topological polar surface area (TPSA) is 90.3 Å². The van der Waals surface area contributed by atoms with Gasteiger partial charge in [-0.25, -0.2) is 15.0 Å². The van der Waals surface area contributed by atoms with Crippen molar-refractivity contribution in [2.75, 3.05) is 5.32 Å². The normalized spacial score (nSPS) is 11.4. The Morgan fingerprint density at radius 3 is 2.60 bits per heavy atom. The van der Waals surface area contributed by atoms with E-state index in [2.05, 4.69) is 25.3 Å². The quantitative estimate of drug-likeness (QED) is 0.505. The molecule has 0 aliphatic rings. The van der Waals surface area contributed by atoms with Crippen LogP contribution < -0.4 is 5.32 Å². The molecule has 0 radical (unpaired) electrons. The third kappa shape index (κ3) is 3.80. The Morgan fingerprint density at radius 1 is 1.13 bits per heavy atom. The maximum atomic E-state index is 13.1. The summed E-state index contributed by atoms with van der Waals surface area (Å²) in [4.78, 5) is 15.2. The molecule has 0 bridgehead atoms. The van der Waals surface area contributed by atoms with Crippen molar-refractivity contribution >= 4 is 17.0 Å². The molecule has 30 heavy (non-hydrogen) atoms.